The second-order valence-corrected chi connectivity index (χ2v) is 14.6. The Morgan fingerprint density at radius 2 is 1.16 bits per heavy atom. The standard InChI is InChI=1S/C51H40/c1-33-24-25-38(39-28-29-45-44-20-11-12-23-48(44)51(3,4)49(45)32-39)31-47(33)50(40-27-26-35-14-5-6-16-37(35)30-40)46-21-10-9-18-42(46)34(2)41-22-13-17-36-15-7-8-19-43(36)41/h5-32,34H,1H2,2-4H3/b50-47-. The largest absolute Gasteiger partial charge is 0.0911 e. The molecule has 0 nitrogen and oxygen atoms in total. The Morgan fingerprint density at radius 3 is 2.04 bits per heavy atom. The van der Waals surface area contributed by atoms with Crippen LogP contribution in [0.5, 0.6) is 0 Å². The maximum Gasteiger partial charge on any atom is 0.0159 e. The van der Waals surface area contributed by atoms with Crippen molar-refractivity contribution in [3.8, 4) is 22.3 Å². The molecule has 0 heteroatoms. The fourth-order valence-electron chi connectivity index (χ4n) is 8.57. The van der Waals surface area contributed by atoms with Crippen LogP contribution in [0.1, 0.15) is 60.1 Å². The van der Waals surface area contributed by atoms with Gasteiger partial charge >= 0.3 is 0 Å². The predicted octanol–water partition coefficient (Wildman–Crippen LogP) is 11.8. The van der Waals surface area contributed by atoms with Gasteiger partial charge in [0.15, 0.2) is 0 Å². The van der Waals surface area contributed by atoms with Crippen LogP contribution in [0.25, 0.3) is 56.0 Å². The Bertz CT molecular complexity index is 2750. The van der Waals surface area contributed by atoms with E-state index >= 15 is 0 Å². The van der Waals surface area contributed by atoms with Crippen LogP contribution in [0.15, 0.2) is 170 Å². The summed E-state index contributed by atoms with van der Waals surface area (Å²) < 4.78 is 0. The molecule has 0 spiro atoms. The molecule has 51 heavy (non-hydrogen) atoms. The molecule has 0 fully saturated rings. The number of benzene rings is 8. The number of fused-ring (bicyclic) bond motifs is 5. The van der Waals surface area contributed by atoms with E-state index in [0.717, 1.165) is 10.4 Å². The average Bonchev–Trinajstić information content (AvgIpc) is 3.40. The normalized spacial score (nSPS) is 14.3. The van der Waals surface area contributed by atoms with Crippen LogP contribution >= 0.6 is 0 Å². The molecule has 9 rings (SSSR count). The molecular weight excluding hydrogens is 613 g/mol. The van der Waals surface area contributed by atoms with Gasteiger partial charge in [0.1, 0.15) is 0 Å². The van der Waals surface area contributed by atoms with Crippen molar-refractivity contribution < 1.29 is 0 Å². The fourth-order valence-corrected chi connectivity index (χ4v) is 8.57. The molecule has 244 valence electrons. The van der Waals surface area contributed by atoms with Gasteiger partial charge in [-0.05, 0) is 111 Å². The molecule has 0 aromatic heterocycles. The molecule has 0 saturated carbocycles. The summed E-state index contributed by atoms with van der Waals surface area (Å²) in [5.74, 6) is 0.166. The van der Waals surface area contributed by atoms with Crippen LogP contribution in [0, 0.1) is 0 Å². The van der Waals surface area contributed by atoms with E-state index in [1.54, 1.807) is 0 Å². The summed E-state index contributed by atoms with van der Waals surface area (Å²) in [4.78, 5) is 0. The van der Waals surface area contributed by atoms with E-state index in [1.165, 1.54) is 82.8 Å². The first-order chi connectivity index (χ1) is 24.9. The van der Waals surface area contributed by atoms with Gasteiger partial charge in [-0.3, -0.25) is 0 Å². The molecule has 8 aromatic rings. The summed E-state index contributed by atoms with van der Waals surface area (Å²) >= 11 is 0. The molecule has 0 saturated heterocycles. The Hall–Kier alpha value is -5.98. The monoisotopic (exact) mass is 652 g/mol. The van der Waals surface area contributed by atoms with E-state index in [-0.39, 0.29) is 11.3 Å². The van der Waals surface area contributed by atoms with Gasteiger partial charge < -0.3 is 0 Å². The van der Waals surface area contributed by atoms with Crippen LogP contribution in [0.3, 0.4) is 0 Å². The minimum absolute atomic E-state index is 0.0594. The lowest BCUT2D eigenvalue weighted by Gasteiger charge is -2.22. The van der Waals surface area contributed by atoms with Crippen LogP contribution in [-0.2, 0) is 5.41 Å². The number of rotatable bonds is 5. The summed E-state index contributed by atoms with van der Waals surface area (Å²) in [6, 6.07) is 62.7. The van der Waals surface area contributed by atoms with E-state index in [0.29, 0.717) is 0 Å². The van der Waals surface area contributed by atoms with E-state index in [2.05, 4.69) is 197 Å². The molecule has 0 bridgehead atoms. The lowest BCUT2D eigenvalue weighted by molar-refractivity contribution is 0.660. The molecule has 0 N–H and O–H groups in total. The maximum absolute atomic E-state index is 4.65. The third-order valence-electron chi connectivity index (χ3n) is 11.3. The molecule has 8 aromatic carbocycles. The topological polar surface area (TPSA) is 0 Å². The van der Waals surface area contributed by atoms with Crippen molar-refractivity contribution in [2.45, 2.75) is 32.1 Å². The fraction of sp³-hybridized carbons (Fsp3) is 0.0980. The molecule has 1 aliphatic carbocycles. The number of hydrogen-bond donors (Lipinski definition) is 0. The van der Waals surface area contributed by atoms with Crippen molar-refractivity contribution in [3.05, 3.63) is 214 Å². The predicted molar refractivity (Wildman–Crippen MR) is 218 cm³/mol. The van der Waals surface area contributed by atoms with Gasteiger partial charge in [-0.2, -0.15) is 0 Å². The minimum atomic E-state index is -0.0594. The van der Waals surface area contributed by atoms with E-state index in [9.17, 15) is 0 Å². The molecular formula is C51H40. The highest BCUT2D eigenvalue weighted by atomic mass is 14.4. The quantitative estimate of drug-likeness (QED) is 0.174. The molecule has 0 aliphatic heterocycles. The molecule has 0 radical (unpaired) electrons. The summed E-state index contributed by atoms with van der Waals surface area (Å²) in [5.41, 5.74) is 14.1. The first kappa shape index (κ1) is 31.0. The average molecular weight is 653 g/mol. The smallest absolute Gasteiger partial charge is 0.0159 e. The van der Waals surface area contributed by atoms with Crippen molar-refractivity contribution in [1.29, 1.82) is 0 Å². The summed E-state index contributed by atoms with van der Waals surface area (Å²) in [6.07, 6.45) is 0. The molecule has 0 amide bonds. The van der Waals surface area contributed by atoms with Gasteiger partial charge in [0.05, 0.1) is 0 Å². The van der Waals surface area contributed by atoms with Gasteiger partial charge in [-0.15, -0.1) is 0 Å². The highest BCUT2D eigenvalue weighted by molar-refractivity contribution is 5.92. The Balaban J connectivity index is 1.29. The Labute approximate surface area is 300 Å². The zero-order valence-corrected chi connectivity index (χ0v) is 29.5. The maximum atomic E-state index is 4.65. The summed E-state index contributed by atoms with van der Waals surface area (Å²) in [7, 11) is 0. The third kappa shape index (κ3) is 5.14. The Morgan fingerprint density at radius 1 is 0.510 bits per heavy atom. The van der Waals surface area contributed by atoms with E-state index in [4.69, 9.17) is 0 Å². The molecule has 1 atom stereocenters. The zero-order valence-electron chi connectivity index (χ0n) is 29.5. The Kier molecular flexibility index (Phi) is 7.37. The second kappa shape index (κ2) is 12.1. The second-order valence-electron chi connectivity index (χ2n) is 14.6. The molecule has 0 heterocycles. The lowest BCUT2D eigenvalue weighted by Crippen LogP contribution is -2.27. The summed E-state index contributed by atoms with van der Waals surface area (Å²) in [6.45, 7) is 11.7. The van der Waals surface area contributed by atoms with Crippen LogP contribution < -0.4 is 10.4 Å². The molecule has 1 unspecified atom stereocenters. The highest BCUT2D eigenvalue weighted by Crippen LogP contribution is 2.49. The molecule has 1 aliphatic rings. The van der Waals surface area contributed by atoms with Crippen LogP contribution in [0.4, 0.5) is 0 Å². The number of hydrogen-bond acceptors (Lipinski definition) is 0. The van der Waals surface area contributed by atoms with Crippen molar-refractivity contribution in [1.82, 2.24) is 0 Å². The first-order valence-electron chi connectivity index (χ1n) is 18.0. The SMILES string of the molecule is C=c1ccc(-c2ccc3c(c2)C(C)(C)c2ccccc2-3)c/c1=C(\c1ccc2ccccc2c1)c1ccccc1C(C)c1cccc2ccccc12. The first-order valence-corrected chi connectivity index (χ1v) is 18.0. The van der Waals surface area contributed by atoms with E-state index in [1.807, 2.05) is 0 Å². The van der Waals surface area contributed by atoms with E-state index < -0.39 is 0 Å². The lowest BCUT2D eigenvalue weighted by atomic mass is 9.81. The third-order valence-corrected chi connectivity index (χ3v) is 11.3. The van der Waals surface area contributed by atoms with Gasteiger partial charge in [0, 0.05) is 11.3 Å². The van der Waals surface area contributed by atoms with Crippen LogP contribution in [-0.4, -0.2) is 0 Å². The van der Waals surface area contributed by atoms with Gasteiger partial charge in [0.25, 0.3) is 0 Å². The van der Waals surface area contributed by atoms with Crippen LogP contribution in [0.2, 0.25) is 0 Å². The van der Waals surface area contributed by atoms with Crippen molar-refractivity contribution >= 4 is 33.7 Å². The zero-order chi connectivity index (χ0) is 34.7. The van der Waals surface area contributed by atoms with Crippen molar-refractivity contribution in [3.63, 3.8) is 0 Å². The van der Waals surface area contributed by atoms with Gasteiger partial charge in [-0.1, -0.05) is 179 Å². The highest BCUT2D eigenvalue weighted by Gasteiger charge is 2.35. The minimum Gasteiger partial charge on any atom is -0.0911 e. The summed E-state index contributed by atoms with van der Waals surface area (Å²) in [5, 5.41) is 7.21. The van der Waals surface area contributed by atoms with Crippen molar-refractivity contribution in [2.75, 3.05) is 0 Å². The van der Waals surface area contributed by atoms with Gasteiger partial charge in [-0.25, -0.2) is 0 Å². The van der Waals surface area contributed by atoms with Gasteiger partial charge in [0.2, 0.25) is 0 Å². The van der Waals surface area contributed by atoms with Crippen molar-refractivity contribution in [2.24, 2.45) is 0 Å².